The molecule has 0 aliphatic heterocycles. The van der Waals surface area contributed by atoms with E-state index in [1.165, 1.54) is 9.75 Å². The van der Waals surface area contributed by atoms with Crippen molar-refractivity contribution in [2.75, 3.05) is 12.8 Å². The minimum atomic E-state index is 0.672. The minimum Gasteiger partial charge on any atom is -0.497 e. The molecule has 4 aromatic rings. The average Bonchev–Trinajstić information content (AvgIpc) is 3.06. The lowest BCUT2D eigenvalue weighted by Crippen LogP contribution is -1.94. The largest absolute Gasteiger partial charge is 0.497 e. The summed E-state index contributed by atoms with van der Waals surface area (Å²) in [6.45, 7) is 4.21. The Morgan fingerprint density at radius 2 is 2.00 bits per heavy atom. The van der Waals surface area contributed by atoms with Crippen molar-refractivity contribution in [3.8, 4) is 17.0 Å². The van der Waals surface area contributed by atoms with Gasteiger partial charge < -0.3 is 10.5 Å². The third-order valence-corrected chi connectivity index (χ3v) is 5.11. The Morgan fingerprint density at radius 3 is 2.70 bits per heavy atom. The average molecular weight is 323 g/mol. The van der Waals surface area contributed by atoms with E-state index < -0.39 is 0 Å². The number of hydrogen-bond acceptors (Lipinski definition) is 4. The molecule has 116 valence electrons. The maximum Gasteiger partial charge on any atom is 0.147 e. The highest BCUT2D eigenvalue weighted by molar-refractivity contribution is 7.12. The molecular weight excluding hydrogens is 306 g/mol. The van der Waals surface area contributed by atoms with Gasteiger partial charge in [-0.3, -0.25) is 4.40 Å². The molecule has 23 heavy (non-hydrogen) atoms. The van der Waals surface area contributed by atoms with Crippen molar-refractivity contribution in [2.24, 2.45) is 0 Å². The summed E-state index contributed by atoms with van der Waals surface area (Å²) < 4.78 is 7.30. The SMILES string of the molecule is COc1ccc2ccn3c(N)c(-c4cc(C)sc4C)nc3c2c1. The van der Waals surface area contributed by atoms with Gasteiger partial charge in [0.2, 0.25) is 0 Å². The number of aryl methyl sites for hydroxylation is 2. The van der Waals surface area contributed by atoms with Gasteiger partial charge in [0.1, 0.15) is 22.9 Å². The Morgan fingerprint density at radius 1 is 1.17 bits per heavy atom. The van der Waals surface area contributed by atoms with Crippen molar-refractivity contribution < 1.29 is 4.74 Å². The Balaban J connectivity index is 2.06. The van der Waals surface area contributed by atoms with Gasteiger partial charge in [-0.25, -0.2) is 4.98 Å². The first kappa shape index (κ1) is 14.1. The number of ether oxygens (including phenoxy) is 1. The highest BCUT2D eigenvalue weighted by Gasteiger charge is 2.16. The molecule has 0 spiro atoms. The molecule has 0 fully saturated rings. The van der Waals surface area contributed by atoms with E-state index in [4.69, 9.17) is 15.5 Å². The maximum absolute atomic E-state index is 6.38. The number of pyridine rings is 1. The van der Waals surface area contributed by atoms with E-state index in [9.17, 15) is 0 Å². The quantitative estimate of drug-likeness (QED) is 0.594. The number of aromatic nitrogens is 2. The molecule has 0 aliphatic carbocycles. The second kappa shape index (κ2) is 4.99. The van der Waals surface area contributed by atoms with Crippen LogP contribution in [0.2, 0.25) is 0 Å². The van der Waals surface area contributed by atoms with Gasteiger partial charge in [-0.1, -0.05) is 6.07 Å². The molecule has 3 heterocycles. The van der Waals surface area contributed by atoms with Crippen LogP contribution in [0.3, 0.4) is 0 Å². The fraction of sp³-hybridized carbons (Fsp3) is 0.167. The summed E-state index contributed by atoms with van der Waals surface area (Å²) in [7, 11) is 1.67. The molecule has 0 unspecified atom stereocenters. The summed E-state index contributed by atoms with van der Waals surface area (Å²) in [5, 5.41) is 2.16. The number of nitrogens with zero attached hydrogens (tertiary/aromatic N) is 2. The number of imidazole rings is 1. The number of nitrogens with two attached hydrogens (primary N) is 1. The summed E-state index contributed by atoms with van der Waals surface area (Å²) in [5.74, 6) is 1.49. The molecule has 1 aromatic carbocycles. The molecule has 0 aliphatic rings. The molecule has 3 aromatic heterocycles. The number of rotatable bonds is 2. The first-order chi connectivity index (χ1) is 11.1. The van der Waals surface area contributed by atoms with Crippen LogP contribution >= 0.6 is 11.3 Å². The number of anilines is 1. The lowest BCUT2D eigenvalue weighted by atomic mass is 10.1. The monoisotopic (exact) mass is 323 g/mol. The molecule has 5 heteroatoms. The predicted molar refractivity (Wildman–Crippen MR) is 96.4 cm³/mol. The number of methoxy groups -OCH3 is 1. The zero-order valence-corrected chi connectivity index (χ0v) is 14.1. The van der Waals surface area contributed by atoms with Crippen molar-refractivity contribution >= 4 is 33.6 Å². The first-order valence-electron chi connectivity index (χ1n) is 7.40. The number of nitrogen functional groups attached to an aromatic ring is 1. The predicted octanol–water partition coefficient (Wildman–Crippen LogP) is 4.42. The van der Waals surface area contributed by atoms with Crippen LogP contribution in [-0.2, 0) is 0 Å². The van der Waals surface area contributed by atoms with Crippen molar-refractivity contribution in [2.45, 2.75) is 13.8 Å². The highest BCUT2D eigenvalue weighted by atomic mass is 32.1. The van der Waals surface area contributed by atoms with E-state index >= 15 is 0 Å². The lowest BCUT2D eigenvalue weighted by molar-refractivity contribution is 0.415. The van der Waals surface area contributed by atoms with Gasteiger partial charge in [0.25, 0.3) is 0 Å². The molecule has 2 N–H and O–H groups in total. The van der Waals surface area contributed by atoms with Crippen LogP contribution in [0.25, 0.3) is 27.7 Å². The highest BCUT2D eigenvalue weighted by Crippen LogP contribution is 2.35. The Kier molecular flexibility index (Phi) is 3.06. The smallest absolute Gasteiger partial charge is 0.147 e. The normalized spacial score (nSPS) is 11.4. The molecule has 0 amide bonds. The Hall–Kier alpha value is -2.53. The maximum atomic E-state index is 6.38. The van der Waals surface area contributed by atoms with E-state index in [0.717, 1.165) is 33.4 Å². The molecule has 0 bridgehead atoms. The third-order valence-electron chi connectivity index (χ3n) is 4.15. The summed E-state index contributed by atoms with van der Waals surface area (Å²) in [6, 6.07) is 10.2. The standard InChI is InChI=1S/C18H17N3OS/c1-10-8-14(11(2)23-10)16-17(19)21-7-6-12-4-5-13(22-3)9-15(12)18(21)20-16/h4-9H,19H2,1-3H3. The molecule has 4 nitrogen and oxygen atoms in total. The molecule has 0 saturated carbocycles. The van der Waals surface area contributed by atoms with Crippen molar-refractivity contribution in [1.82, 2.24) is 9.38 Å². The van der Waals surface area contributed by atoms with Gasteiger partial charge in [0.05, 0.1) is 7.11 Å². The molecular formula is C18H17N3OS. The van der Waals surface area contributed by atoms with Crippen molar-refractivity contribution in [1.29, 1.82) is 0 Å². The first-order valence-corrected chi connectivity index (χ1v) is 8.22. The van der Waals surface area contributed by atoms with Crippen molar-refractivity contribution in [3.05, 3.63) is 46.3 Å². The molecule has 0 radical (unpaired) electrons. The number of thiophene rings is 1. The van der Waals surface area contributed by atoms with Gasteiger partial charge in [-0.15, -0.1) is 11.3 Å². The minimum absolute atomic E-state index is 0.672. The third kappa shape index (κ3) is 2.08. The van der Waals surface area contributed by atoms with Crippen LogP contribution in [0, 0.1) is 13.8 Å². The van der Waals surface area contributed by atoms with Gasteiger partial charge in [0.15, 0.2) is 0 Å². The summed E-state index contributed by atoms with van der Waals surface area (Å²) in [5.41, 5.74) is 9.21. The van der Waals surface area contributed by atoms with E-state index in [1.54, 1.807) is 18.4 Å². The van der Waals surface area contributed by atoms with Crippen LogP contribution in [0.5, 0.6) is 5.75 Å². The van der Waals surface area contributed by atoms with Gasteiger partial charge in [-0.05, 0) is 43.5 Å². The molecule has 0 atom stereocenters. The Labute approximate surface area is 138 Å². The second-order valence-corrected chi connectivity index (χ2v) is 7.10. The lowest BCUT2D eigenvalue weighted by Gasteiger charge is -2.04. The zero-order chi connectivity index (χ0) is 16.1. The number of hydrogen-bond donors (Lipinski definition) is 1. The fourth-order valence-corrected chi connectivity index (χ4v) is 3.93. The van der Waals surface area contributed by atoms with E-state index in [2.05, 4.69) is 26.0 Å². The van der Waals surface area contributed by atoms with Crippen LogP contribution in [0.4, 0.5) is 5.82 Å². The molecule has 0 saturated heterocycles. The van der Waals surface area contributed by atoms with E-state index in [0.29, 0.717) is 5.82 Å². The van der Waals surface area contributed by atoms with Crippen LogP contribution in [0.15, 0.2) is 36.5 Å². The van der Waals surface area contributed by atoms with E-state index in [-0.39, 0.29) is 0 Å². The number of benzene rings is 1. The van der Waals surface area contributed by atoms with Gasteiger partial charge >= 0.3 is 0 Å². The van der Waals surface area contributed by atoms with Crippen LogP contribution < -0.4 is 10.5 Å². The summed E-state index contributed by atoms with van der Waals surface area (Å²) in [4.78, 5) is 7.35. The van der Waals surface area contributed by atoms with Crippen LogP contribution in [0.1, 0.15) is 9.75 Å². The second-order valence-electron chi connectivity index (χ2n) is 5.64. The zero-order valence-electron chi connectivity index (χ0n) is 13.3. The van der Waals surface area contributed by atoms with Crippen molar-refractivity contribution in [3.63, 3.8) is 0 Å². The number of fused-ring (bicyclic) bond motifs is 3. The topological polar surface area (TPSA) is 52.5 Å². The fourth-order valence-electron chi connectivity index (χ4n) is 3.01. The van der Waals surface area contributed by atoms with E-state index in [1.807, 2.05) is 28.8 Å². The van der Waals surface area contributed by atoms with Gasteiger partial charge in [-0.2, -0.15) is 0 Å². The van der Waals surface area contributed by atoms with Crippen LogP contribution in [-0.4, -0.2) is 16.5 Å². The Bertz CT molecular complexity index is 1050. The summed E-state index contributed by atoms with van der Waals surface area (Å²) in [6.07, 6.45) is 1.98. The van der Waals surface area contributed by atoms with Gasteiger partial charge in [0, 0.05) is 26.9 Å². The summed E-state index contributed by atoms with van der Waals surface area (Å²) >= 11 is 1.77. The molecule has 4 rings (SSSR count).